The van der Waals surface area contributed by atoms with Crippen LogP contribution in [0.5, 0.6) is 0 Å². The highest BCUT2D eigenvalue weighted by atomic mass is 35.5. The predicted molar refractivity (Wildman–Crippen MR) is 119 cm³/mol. The molecule has 4 heterocycles. The van der Waals surface area contributed by atoms with Gasteiger partial charge in [0, 0.05) is 52.4 Å². The normalized spacial score (nSPS) is 11.2. The first-order valence-corrected chi connectivity index (χ1v) is 9.99. The van der Waals surface area contributed by atoms with Gasteiger partial charge in [-0.2, -0.15) is 4.39 Å². The number of benzene rings is 1. The summed E-state index contributed by atoms with van der Waals surface area (Å²) in [4.78, 5) is 20.9. The Morgan fingerprint density at radius 1 is 0.903 bits per heavy atom. The van der Waals surface area contributed by atoms with E-state index in [4.69, 9.17) is 11.6 Å². The lowest BCUT2D eigenvalue weighted by atomic mass is 10.1. The van der Waals surface area contributed by atoms with E-state index in [1.165, 1.54) is 12.3 Å². The summed E-state index contributed by atoms with van der Waals surface area (Å²) < 4.78 is 16.6. The number of pyridine rings is 3. The minimum atomic E-state index is -0.519. The fourth-order valence-electron chi connectivity index (χ4n) is 3.55. The maximum Gasteiger partial charge on any atom is 0.252 e. The average molecular weight is 431 g/mol. The van der Waals surface area contributed by atoms with Gasteiger partial charge in [-0.05, 0) is 48.0 Å². The van der Waals surface area contributed by atoms with E-state index in [2.05, 4.69) is 9.97 Å². The van der Waals surface area contributed by atoms with Gasteiger partial charge >= 0.3 is 0 Å². The number of hydrogen-bond acceptors (Lipinski definition) is 3. The second-order valence-electron chi connectivity index (χ2n) is 7.17. The largest absolute Gasteiger partial charge is 0.311 e. The first-order chi connectivity index (χ1) is 15.1. The van der Waals surface area contributed by atoms with Crippen LogP contribution in [-0.2, 0) is 6.54 Å². The second kappa shape index (κ2) is 7.81. The summed E-state index contributed by atoms with van der Waals surface area (Å²) in [5, 5.41) is 1.55. The van der Waals surface area contributed by atoms with E-state index in [9.17, 15) is 9.18 Å². The van der Waals surface area contributed by atoms with Gasteiger partial charge in [0.05, 0.1) is 12.2 Å². The third kappa shape index (κ3) is 3.85. The molecule has 31 heavy (non-hydrogen) atoms. The molecule has 0 bridgehead atoms. The zero-order chi connectivity index (χ0) is 21.4. The Hall–Kier alpha value is -3.77. The van der Waals surface area contributed by atoms with Gasteiger partial charge in [0.15, 0.2) is 0 Å². The molecule has 5 rings (SSSR count). The number of halogens is 2. The minimum Gasteiger partial charge on any atom is -0.311 e. The number of fused-ring (bicyclic) bond motifs is 1. The second-order valence-corrected chi connectivity index (χ2v) is 7.61. The lowest BCUT2D eigenvalue weighted by Crippen LogP contribution is -2.20. The van der Waals surface area contributed by atoms with Gasteiger partial charge in [-0.15, -0.1) is 0 Å². The molecule has 0 aliphatic carbocycles. The molecule has 0 saturated heterocycles. The van der Waals surface area contributed by atoms with Crippen LogP contribution in [0, 0.1) is 5.95 Å². The van der Waals surface area contributed by atoms with Gasteiger partial charge in [-0.3, -0.25) is 4.79 Å². The topological polar surface area (TPSA) is 52.7 Å². The van der Waals surface area contributed by atoms with Crippen LogP contribution < -0.4 is 5.56 Å². The molecule has 152 valence electrons. The number of aromatic nitrogens is 4. The molecule has 5 nitrogen and oxygen atoms in total. The van der Waals surface area contributed by atoms with Crippen LogP contribution in [0.4, 0.5) is 4.39 Å². The Kier molecular flexibility index (Phi) is 4.84. The van der Waals surface area contributed by atoms with Crippen LogP contribution in [0.3, 0.4) is 0 Å². The highest BCUT2D eigenvalue weighted by Gasteiger charge is 2.09. The van der Waals surface area contributed by atoms with Crippen LogP contribution in [0.15, 0.2) is 90.2 Å². The molecule has 0 aliphatic rings. The van der Waals surface area contributed by atoms with Gasteiger partial charge < -0.3 is 9.13 Å². The summed E-state index contributed by atoms with van der Waals surface area (Å²) in [6, 6.07) is 17.8. The fourth-order valence-corrected chi connectivity index (χ4v) is 3.76. The lowest BCUT2D eigenvalue weighted by Gasteiger charge is -2.09. The Morgan fingerprint density at radius 3 is 2.55 bits per heavy atom. The van der Waals surface area contributed by atoms with Crippen molar-refractivity contribution in [3.63, 3.8) is 0 Å². The molecule has 4 aromatic heterocycles. The van der Waals surface area contributed by atoms with E-state index in [-0.39, 0.29) is 5.56 Å². The molecule has 0 saturated carbocycles. The maximum atomic E-state index is 13.1. The Bertz CT molecular complexity index is 1460. The summed E-state index contributed by atoms with van der Waals surface area (Å²) in [7, 11) is 0. The summed E-state index contributed by atoms with van der Waals surface area (Å²) >= 11 is 6.04. The average Bonchev–Trinajstić information content (AvgIpc) is 3.19. The molecule has 0 fully saturated rings. The molecule has 0 N–H and O–H groups in total. The molecule has 0 atom stereocenters. The molecule has 0 radical (unpaired) electrons. The highest BCUT2D eigenvalue weighted by molar-refractivity contribution is 6.30. The quantitative estimate of drug-likeness (QED) is 0.373. The van der Waals surface area contributed by atoms with E-state index >= 15 is 0 Å². The molecule has 1 aromatic carbocycles. The lowest BCUT2D eigenvalue weighted by molar-refractivity contribution is 0.584. The third-order valence-corrected chi connectivity index (χ3v) is 5.32. The SMILES string of the molecule is O=c1cc(-n2ccc3cc(-c4ccc(F)nc4)cnc32)ccn1Cc1cccc(Cl)c1. The van der Waals surface area contributed by atoms with Gasteiger partial charge in [0.25, 0.3) is 5.56 Å². The minimum absolute atomic E-state index is 0.117. The first kappa shape index (κ1) is 19.2. The van der Waals surface area contributed by atoms with Crippen molar-refractivity contribution in [2.24, 2.45) is 0 Å². The first-order valence-electron chi connectivity index (χ1n) is 9.61. The van der Waals surface area contributed by atoms with Crippen LogP contribution in [-0.4, -0.2) is 19.1 Å². The van der Waals surface area contributed by atoms with Crippen molar-refractivity contribution in [2.45, 2.75) is 6.54 Å². The highest BCUT2D eigenvalue weighted by Crippen LogP contribution is 2.24. The monoisotopic (exact) mass is 430 g/mol. The molecule has 7 heteroatoms. The molecule has 0 spiro atoms. The summed E-state index contributed by atoms with van der Waals surface area (Å²) in [6.07, 6.45) is 6.84. The van der Waals surface area contributed by atoms with Gasteiger partial charge in [0.1, 0.15) is 5.65 Å². The van der Waals surface area contributed by atoms with Crippen molar-refractivity contribution in [2.75, 3.05) is 0 Å². The van der Waals surface area contributed by atoms with Gasteiger partial charge in [0.2, 0.25) is 5.95 Å². The maximum absolute atomic E-state index is 13.1. The van der Waals surface area contributed by atoms with Crippen LogP contribution in [0.25, 0.3) is 27.8 Å². The van der Waals surface area contributed by atoms with E-state index in [0.717, 1.165) is 33.4 Å². The van der Waals surface area contributed by atoms with E-state index in [0.29, 0.717) is 11.6 Å². The Labute approximate surface area is 182 Å². The molecule has 0 unspecified atom stereocenters. The van der Waals surface area contributed by atoms with Gasteiger partial charge in [-0.25, -0.2) is 9.97 Å². The van der Waals surface area contributed by atoms with Gasteiger partial charge in [-0.1, -0.05) is 23.7 Å². The van der Waals surface area contributed by atoms with Crippen LogP contribution in [0.1, 0.15) is 5.56 Å². The third-order valence-electron chi connectivity index (χ3n) is 5.09. The van der Waals surface area contributed by atoms with Crippen molar-refractivity contribution < 1.29 is 4.39 Å². The molecule has 0 aliphatic heterocycles. The van der Waals surface area contributed by atoms with Crippen molar-refractivity contribution in [3.8, 4) is 16.8 Å². The Morgan fingerprint density at radius 2 is 1.77 bits per heavy atom. The van der Waals surface area contributed by atoms with Crippen molar-refractivity contribution in [1.82, 2.24) is 19.1 Å². The van der Waals surface area contributed by atoms with Crippen molar-refractivity contribution >= 4 is 22.6 Å². The molecule has 0 amide bonds. The van der Waals surface area contributed by atoms with Crippen molar-refractivity contribution in [1.29, 1.82) is 0 Å². The number of nitrogens with zero attached hydrogens (tertiary/aromatic N) is 4. The summed E-state index contributed by atoms with van der Waals surface area (Å²) in [5.41, 5.74) is 3.92. The predicted octanol–water partition coefficient (Wildman–Crippen LogP) is 5.09. The zero-order valence-electron chi connectivity index (χ0n) is 16.2. The van der Waals surface area contributed by atoms with E-state index < -0.39 is 5.95 Å². The Balaban J connectivity index is 1.47. The summed E-state index contributed by atoms with van der Waals surface area (Å²) in [5.74, 6) is -0.519. The standard InChI is InChI=1S/C24H16ClFN4O/c25-20-3-1-2-16(10-20)15-29-8-7-21(12-23(29)31)30-9-6-17-11-19(14-28-24(17)30)18-4-5-22(26)27-13-18/h1-14H,15H2. The molecular formula is C24H16ClFN4O. The van der Waals surface area contributed by atoms with E-state index in [1.807, 2.05) is 47.2 Å². The number of rotatable bonds is 4. The molecular weight excluding hydrogens is 415 g/mol. The van der Waals surface area contributed by atoms with Crippen LogP contribution in [0.2, 0.25) is 5.02 Å². The zero-order valence-corrected chi connectivity index (χ0v) is 17.0. The number of hydrogen-bond donors (Lipinski definition) is 0. The molecule has 5 aromatic rings. The summed E-state index contributed by atoms with van der Waals surface area (Å²) in [6.45, 7) is 0.444. The van der Waals surface area contributed by atoms with Crippen molar-refractivity contribution in [3.05, 3.63) is 112 Å². The smallest absolute Gasteiger partial charge is 0.252 e. The van der Waals surface area contributed by atoms with E-state index in [1.54, 1.807) is 35.2 Å². The fraction of sp³-hybridized carbons (Fsp3) is 0.0417. The van der Waals surface area contributed by atoms with Crippen LogP contribution >= 0.6 is 11.6 Å².